The lowest BCUT2D eigenvalue weighted by Gasteiger charge is -2.33. The number of benzene rings is 3. The van der Waals surface area contributed by atoms with Crippen molar-refractivity contribution in [2.45, 2.75) is 38.1 Å². The van der Waals surface area contributed by atoms with Crippen LogP contribution in [0.5, 0.6) is 17.2 Å². The molecular weight excluding hydrogens is 538 g/mol. The summed E-state index contributed by atoms with van der Waals surface area (Å²) in [6.45, 7) is 1.01. The number of methoxy groups -OCH3 is 3. The summed E-state index contributed by atoms with van der Waals surface area (Å²) in [7, 11) is 4.64. The average molecular weight is 574 g/mol. The van der Waals surface area contributed by atoms with Gasteiger partial charge in [-0.05, 0) is 48.7 Å². The minimum Gasteiger partial charge on any atom is -0.497 e. The number of hydrogen-bond acceptors (Lipinski definition) is 8. The molecule has 2 amide bonds. The third-order valence-corrected chi connectivity index (χ3v) is 7.35. The molecule has 11 heteroatoms. The maximum atomic E-state index is 14.3. The van der Waals surface area contributed by atoms with E-state index in [0.717, 1.165) is 18.4 Å². The molecule has 4 aromatic rings. The molecule has 0 saturated carbocycles. The Morgan fingerprint density at radius 3 is 2.55 bits per heavy atom. The second kappa shape index (κ2) is 13.3. The predicted octanol–water partition coefficient (Wildman–Crippen LogP) is 3.52. The Morgan fingerprint density at radius 2 is 1.83 bits per heavy atom. The van der Waals surface area contributed by atoms with Crippen molar-refractivity contribution in [1.29, 1.82) is 0 Å². The van der Waals surface area contributed by atoms with Crippen LogP contribution in [0.4, 0.5) is 0 Å². The number of hydrogen-bond donors (Lipinski definition) is 1. The van der Waals surface area contributed by atoms with E-state index in [-0.39, 0.29) is 31.0 Å². The lowest BCUT2D eigenvalue weighted by Crippen LogP contribution is -2.46. The van der Waals surface area contributed by atoms with Gasteiger partial charge in [-0.3, -0.25) is 9.59 Å². The number of ether oxygens (including phenoxy) is 4. The highest BCUT2D eigenvalue weighted by molar-refractivity contribution is 5.90. The van der Waals surface area contributed by atoms with Gasteiger partial charge in [-0.1, -0.05) is 41.6 Å². The van der Waals surface area contributed by atoms with Crippen LogP contribution in [0.3, 0.4) is 0 Å². The molecule has 1 aromatic heterocycles. The normalized spacial score (nSPS) is 15.3. The van der Waals surface area contributed by atoms with Gasteiger partial charge in [-0.15, -0.1) is 5.10 Å². The first-order valence-corrected chi connectivity index (χ1v) is 13.8. The smallest absolute Gasteiger partial charge is 0.247 e. The summed E-state index contributed by atoms with van der Waals surface area (Å²) in [6, 6.07) is 19.0. The van der Waals surface area contributed by atoms with Gasteiger partial charge in [0.2, 0.25) is 11.8 Å². The fourth-order valence-corrected chi connectivity index (χ4v) is 5.20. The lowest BCUT2D eigenvalue weighted by molar-refractivity contribution is -0.142. The van der Waals surface area contributed by atoms with E-state index in [2.05, 4.69) is 15.6 Å². The first-order valence-electron chi connectivity index (χ1n) is 13.8. The van der Waals surface area contributed by atoms with Gasteiger partial charge in [0.25, 0.3) is 0 Å². The molecule has 2 heterocycles. The highest BCUT2D eigenvalue weighted by Gasteiger charge is 2.35. The molecule has 3 aromatic carbocycles. The fraction of sp³-hybridized carbons (Fsp3) is 0.355. The second-order valence-corrected chi connectivity index (χ2v) is 9.97. The summed E-state index contributed by atoms with van der Waals surface area (Å²) in [5.74, 6) is 0.819. The molecule has 5 rings (SSSR count). The van der Waals surface area contributed by atoms with Gasteiger partial charge < -0.3 is 29.2 Å². The minimum atomic E-state index is -1.05. The molecule has 0 aliphatic carbocycles. The number of aromatic nitrogens is 3. The number of rotatable bonds is 12. The van der Waals surface area contributed by atoms with Crippen molar-refractivity contribution in [3.8, 4) is 17.2 Å². The van der Waals surface area contributed by atoms with Crippen LogP contribution in [-0.4, -0.2) is 72.3 Å². The van der Waals surface area contributed by atoms with Crippen molar-refractivity contribution in [3.05, 3.63) is 77.9 Å². The minimum absolute atomic E-state index is 0.0749. The van der Waals surface area contributed by atoms with E-state index in [0.29, 0.717) is 47.0 Å². The van der Waals surface area contributed by atoms with E-state index < -0.39 is 6.04 Å². The van der Waals surface area contributed by atoms with Gasteiger partial charge in [0.15, 0.2) is 11.5 Å². The van der Waals surface area contributed by atoms with Crippen LogP contribution < -0.4 is 19.5 Å². The predicted molar refractivity (Wildman–Crippen MR) is 155 cm³/mol. The Balaban J connectivity index is 1.56. The summed E-state index contributed by atoms with van der Waals surface area (Å²) in [5.41, 5.74) is 2.69. The molecule has 1 N–H and O–H groups in total. The molecule has 1 aliphatic heterocycles. The number of fused-ring (bicyclic) bond motifs is 1. The van der Waals surface area contributed by atoms with Gasteiger partial charge >= 0.3 is 0 Å². The van der Waals surface area contributed by atoms with Crippen molar-refractivity contribution >= 4 is 22.8 Å². The standard InChI is InChI=1S/C31H35N5O6/c1-39-22-15-13-21(14-16-22)19-35(28(37)20-36-26-11-5-4-10-25(26)33-34-36)29(31(38)32-18-23-8-7-17-42-23)24-9-6-12-27(40-2)30(24)41-3/h4-6,9-16,23,29H,7-8,17-20H2,1-3H3,(H,32,38)/t23-,29-/m1/s1. The summed E-state index contributed by atoms with van der Waals surface area (Å²) in [6.07, 6.45) is 1.73. The van der Waals surface area contributed by atoms with E-state index in [1.165, 1.54) is 14.2 Å². The summed E-state index contributed by atoms with van der Waals surface area (Å²) < 4.78 is 23.9. The van der Waals surface area contributed by atoms with Crippen LogP contribution in [0.2, 0.25) is 0 Å². The topological polar surface area (TPSA) is 117 Å². The van der Waals surface area contributed by atoms with E-state index in [9.17, 15) is 9.59 Å². The third kappa shape index (κ3) is 6.31. The van der Waals surface area contributed by atoms with Gasteiger partial charge in [0, 0.05) is 25.3 Å². The third-order valence-electron chi connectivity index (χ3n) is 7.35. The number of nitrogens with zero attached hydrogens (tertiary/aromatic N) is 4. The monoisotopic (exact) mass is 573 g/mol. The average Bonchev–Trinajstić information content (AvgIpc) is 3.70. The number of carbonyl (C=O) groups is 2. The molecular formula is C31H35N5O6. The molecule has 0 bridgehead atoms. The highest BCUT2D eigenvalue weighted by Crippen LogP contribution is 2.38. The molecule has 42 heavy (non-hydrogen) atoms. The second-order valence-electron chi connectivity index (χ2n) is 9.97. The first-order chi connectivity index (χ1) is 20.5. The quantitative estimate of drug-likeness (QED) is 0.274. The Bertz CT molecular complexity index is 1520. The molecule has 0 spiro atoms. The zero-order valence-corrected chi connectivity index (χ0v) is 24.0. The molecule has 0 unspecified atom stereocenters. The van der Waals surface area contributed by atoms with Crippen molar-refractivity contribution in [1.82, 2.24) is 25.2 Å². The van der Waals surface area contributed by atoms with Crippen LogP contribution in [0, 0.1) is 0 Å². The number of carbonyl (C=O) groups excluding carboxylic acids is 2. The Morgan fingerprint density at radius 1 is 1.02 bits per heavy atom. The van der Waals surface area contributed by atoms with E-state index in [4.69, 9.17) is 18.9 Å². The van der Waals surface area contributed by atoms with Gasteiger partial charge in [0.05, 0.1) is 33.0 Å². The molecule has 2 atom stereocenters. The summed E-state index contributed by atoms with van der Waals surface area (Å²) in [4.78, 5) is 29.9. The van der Waals surface area contributed by atoms with Crippen molar-refractivity contribution in [2.24, 2.45) is 0 Å². The lowest BCUT2D eigenvalue weighted by atomic mass is 10.0. The van der Waals surface area contributed by atoms with Crippen LogP contribution in [0.15, 0.2) is 66.7 Å². The van der Waals surface area contributed by atoms with Gasteiger partial charge in [0.1, 0.15) is 23.9 Å². The molecule has 1 saturated heterocycles. The van der Waals surface area contributed by atoms with Crippen molar-refractivity contribution in [2.75, 3.05) is 34.5 Å². The zero-order chi connectivity index (χ0) is 29.5. The van der Waals surface area contributed by atoms with Gasteiger partial charge in [-0.2, -0.15) is 0 Å². The molecule has 1 aliphatic rings. The zero-order valence-electron chi connectivity index (χ0n) is 24.0. The Labute approximate surface area is 244 Å². The Kier molecular flexibility index (Phi) is 9.18. The Hall–Kier alpha value is -4.64. The van der Waals surface area contributed by atoms with Crippen molar-refractivity contribution in [3.63, 3.8) is 0 Å². The van der Waals surface area contributed by atoms with Crippen LogP contribution in [0.25, 0.3) is 11.0 Å². The van der Waals surface area contributed by atoms with E-state index in [1.807, 2.05) is 48.5 Å². The molecule has 0 radical (unpaired) electrons. The van der Waals surface area contributed by atoms with Gasteiger partial charge in [-0.25, -0.2) is 4.68 Å². The van der Waals surface area contributed by atoms with Crippen LogP contribution in [-0.2, 0) is 27.4 Å². The van der Waals surface area contributed by atoms with E-state index >= 15 is 0 Å². The first kappa shape index (κ1) is 28.9. The van der Waals surface area contributed by atoms with Crippen LogP contribution in [0.1, 0.15) is 30.0 Å². The number of nitrogens with one attached hydrogen (secondary N) is 1. The summed E-state index contributed by atoms with van der Waals surface area (Å²) in [5, 5.41) is 11.4. The maximum absolute atomic E-state index is 14.3. The largest absolute Gasteiger partial charge is 0.497 e. The number of para-hydroxylation sites is 2. The molecule has 220 valence electrons. The summed E-state index contributed by atoms with van der Waals surface area (Å²) >= 11 is 0. The van der Waals surface area contributed by atoms with Crippen molar-refractivity contribution < 1.29 is 28.5 Å². The fourth-order valence-electron chi connectivity index (χ4n) is 5.20. The van der Waals surface area contributed by atoms with Crippen LogP contribution >= 0.6 is 0 Å². The molecule has 1 fully saturated rings. The highest BCUT2D eigenvalue weighted by atomic mass is 16.5. The molecule has 11 nitrogen and oxygen atoms in total. The van der Waals surface area contributed by atoms with E-state index in [1.54, 1.807) is 34.9 Å². The maximum Gasteiger partial charge on any atom is 0.247 e. The number of amides is 2. The SMILES string of the molecule is COc1ccc(CN(C(=O)Cn2nnc3ccccc32)[C@@H](C(=O)NC[C@H]2CCCO2)c2cccc(OC)c2OC)cc1.